The van der Waals surface area contributed by atoms with Crippen LogP contribution in [0.2, 0.25) is 10.0 Å². The Morgan fingerprint density at radius 3 is 2.69 bits per heavy atom. The van der Waals surface area contributed by atoms with Gasteiger partial charge in [-0.3, -0.25) is 9.59 Å². The van der Waals surface area contributed by atoms with Gasteiger partial charge in [0, 0.05) is 16.8 Å². The van der Waals surface area contributed by atoms with Crippen molar-refractivity contribution >= 4 is 56.7 Å². The lowest BCUT2D eigenvalue weighted by atomic mass is 10.1. The van der Waals surface area contributed by atoms with Crippen molar-refractivity contribution in [2.75, 3.05) is 11.9 Å². The van der Waals surface area contributed by atoms with Crippen molar-refractivity contribution in [1.29, 1.82) is 0 Å². The first-order valence-electron chi connectivity index (χ1n) is 8.76. The molecule has 1 heterocycles. The number of fused-ring (bicyclic) bond motifs is 2. The highest BCUT2D eigenvalue weighted by atomic mass is 35.5. The number of nitrogens with one attached hydrogen (secondary N) is 1. The minimum Gasteiger partial charge on any atom is -0.482 e. The lowest BCUT2D eigenvalue weighted by molar-refractivity contribution is -0.118. The van der Waals surface area contributed by atoms with Gasteiger partial charge in [-0.25, -0.2) is 0 Å². The summed E-state index contributed by atoms with van der Waals surface area (Å²) in [7, 11) is 0. The molecule has 29 heavy (non-hydrogen) atoms. The van der Waals surface area contributed by atoms with E-state index in [1.807, 2.05) is 19.1 Å². The van der Waals surface area contributed by atoms with E-state index in [9.17, 15) is 9.59 Å². The van der Waals surface area contributed by atoms with Crippen LogP contribution < -0.4 is 15.5 Å². The normalized spacial score (nSPS) is 11.0. The Bertz CT molecular complexity index is 1310. The van der Waals surface area contributed by atoms with Crippen LogP contribution in [0.4, 0.5) is 5.69 Å². The van der Waals surface area contributed by atoms with Crippen molar-refractivity contribution in [1.82, 2.24) is 0 Å². The fourth-order valence-corrected chi connectivity index (χ4v) is 3.49. The average Bonchev–Trinajstić information content (AvgIpc) is 2.68. The van der Waals surface area contributed by atoms with Crippen LogP contribution in [0.3, 0.4) is 0 Å². The van der Waals surface area contributed by atoms with Gasteiger partial charge < -0.3 is 14.5 Å². The predicted molar refractivity (Wildman–Crippen MR) is 115 cm³/mol. The molecule has 0 saturated carbocycles. The molecular formula is C22H15Cl2NO4. The summed E-state index contributed by atoms with van der Waals surface area (Å²) in [6, 6.07) is 15.1. The Morgan fingerprint density at radius 1 is 1.07 bits per heavy atom. The molecular weight excluding hydrogens is 413 g/mol. The molecule has 0 saturated heterocycles. The number of benzene rings is 3. The van der Waals surface area contributed by atoms with E-state index in [0.717, 1.165) is 5.56 Å². The SMILES string of the molecule is Cc1cccc2c(=O)c3ccc(NC(=O)COc4ccc(Cl)cc4Cl)cc3oc12. The van der Waals surface area contributed by atoms with E-state index < -0.39 is 0 Å². The Balaban J connectivity index is 1.56. The largest absolute Gasteiger partial charge is 0.482 e. The maximum atomic E-state index is 12.7. The van der Waals surface area contributed by atoms with Crippen LogP contribution in [0.15, 0.2) is 63.8 Å². The van der Waals surface area contributed by atoms with E-state index in [1.54, 1.807) is 36.4 Å². The zero-order chi connectivity index (χ0) is 20.5. The van der Waals surface area contributed by atoms with Crippen LogP contribution in [0.1, 0.15) is 5.56 Å². The molecule has 7 heteroatoms. The van der Waals surface area contributed by atoms with Crippen LogP contribution in [0.5, 0.6) is 5.75 Å². The molecule has 0 aliphatic heterocycles. The topological polar surface area (TPSA) is 68.5 Å². The smallest absolute Gasteiger partial charge is 0.262 e. The molecule has 0 aliphatic carbocycles. The van der Waals surface area contributed by atoms with Gasteiger partial charge in [0.2, 0.25) is 5.43 Å². The van der Waals surface area contributed by atoms with Crippen molar-refractivity contribution in [3.63, 3.8) is 0 Å². The molecule has 5 nitrogen and oxygen atoms in total. The molecule has 3 aromatic carbocycles. The molecule has 1 amide bonds. The summed E-state index contributed by atoms with van der Waals surface area (Å²) < 4.78 is 11.4. The molecule has 0 unspecified atom stereocenters. The molecule has 0 radical (unpaired) electrons. The van der Waals surface area contributed by atoms with E-state index in [-0.39, 0.29) is 17.9 Å². The molecule has 0 aliphatic rings. The fourth-order valence-electron chi connectivity index (χ4n) is 3.03. The van der Waals surface area contributed by atoms with E-state index in [0.29, 0.717) is 43.4 Å². The maximum absolute atomic E-state index is 12.7. The average molecular weight is 428 g/mol. The standard InChI is InChI=1S/C22H15Cl2NO4/c1-12-3-2-4-16-21(27)15-7-6-14(10-19(15)29-22(12)16)25-20(26)11-28-18-8-5-13(23)9-17(18)24/h2-10H,11H2,1H3,(H,25,26). The number of carbonyl (C=O) groups excluding carboxylic acids is 1. The van der Waals surface area contributed by atoms with Gasteiger partial charge in [0.25, 0.3) is 5.91 Å². The van der Waals surface area contributed by atoms with E-state index in [1.165, 1.54) is 6.07 Å². The number of hydrogen-bond donors (Lipinski definition) is 1. The second kappa shape index (κ2) is 7.78. The Morgan fingerprint density at radius 2 is 1.90 bits per heavy atom. The minimum absolute atomic E-state index is 0.108. The van der Waals surface area contributed by atoms with Crippen LogP contribution in [0, 0.1) is 6.92 Å². The third kappa shape index (κ3) is 3.92. The summed E-state index contributed by atoms with van der Waals surface area (Å²) in [5.41, 5.74) is 2.18. The molecule has 146 valence electrons. The number of amides is 1. The predicted octanol–water partition coefficient (Wildman–Crippen LogP) is 5.58. The fraction of sp³-hybridized carbons (Fsp3) is 0.0909. The van der Waals surface area contributed by atoms with E-state index in [2.05, 4.69) is 5.32 Å². The van der Waals surface area contributed by atoms with Gasteiger partial charge in [0.15, 0.2) is 6.61 Å². The second-order valence-electron chi connectivity index (χ2n) is 6.51. The third-order valence-electron chi connectivity index (χ3n) is 4.43. The van der Waals surface area contributed by atoms with Gasteiger partial charge >= 0.3 is 0 Å². The summed E-state index contributed by atoms with van der Waals surface area (Å²) in [5, 5.41) is 4.50. The molecule has 0 fully saturated rings. The summed E-state index contributed by atoms with van der Waals surface area (Å²) in [6.07, 6.45) is 0. The number of anilines is 1. The molecule has 0 spiro atoms. The van der Waals surface area contributed by atoms with Gasteiger partial charge in [0.1, 0.15) is 16.9 Å². The zero-order valence-corrected chi connectivity index (χ0v) is 16.8. The van der Waals surface area contributed by atoms with Crippen molar-refractivity contribution in [2.45, 2.75) is 6.92 Å². The van der Waals surface area contributed by atoms with Crippen molar-refractivity contribution in [3.8, 4) is 5.75 Å². The summed E-state index contributed by atoms with van der Waals surface area (Å²) in [5.74, 6) is -0.0210. The molecule has 4 aromatic rings. The molecule has 0 atom stereocenters. The third-order valence-corrected chi connectivity index (χ3v) is 4.96. The van der Waals surface area contributed by atoms with Crippen LogP contribution in [0.25, 0.3) is 21.9 Å². The van der Waals surface area contributed by atoms with Gasteiger partial charge in [-0.15, -0.1) is 0 Å². The maximum Gasteiger partial charge on any atom is 0.262 e. The van der Waals surface area contributed by atoms with Gasteiger partial charge in [-0.1, -0.05) is 35.3 Å². The van der Waals surface area contributed by atoms with Gasteiger partial charge in [0.05, 0.1) is 15.8 Å². The van der Waals surface area contributed by atoms with Gasteiger partial charge in [-0.2, -0.15) is 0 Å². The second-order valence-corrected chi connectivity index (χ2v) is 7.35. The zero-order valence-electron chi connectivity index (χ0n) is 15.3. The van der Waals surface area contributed by atoms with Gasteiger partial charge in [-0.05, 0) is 48.9 Å². The number of carbonyl (C=O) groups is 1. The highest BCUT2D eigenvalue weighted by molar-refractivity contribution is 6.35. The van der Waals surface area contributed by atoms with Crippen LogP contribution >= 0.6 is 23.2 Å². The minimum atomic E-state index is -0.380. The molecule has 4 rings (SSSR count). The summed E-state index contributed by atoms with van der Waals surface area (Å²) in [4.78, 5) is 24.9. The number of hydrogen-bond acceptors (Lipinski definition) is 4. The lowest BCUT2D eigenvalue weighted by Crippen LogP contribution is -2.20. The molecule has 1 aromatic heterocycles. The van der Waals surface area contributed by atoms with E-state index >= 15 is 0 Å². The highest BCUT2D eigenvalue weighted by Gasteiger charge is 2.12. The molecule has 0 bridgehead atoms. The number of rotatable bonds is 4. The van der Waals surface area contributed by atoms with E-state index in [4.69, 9.17) is 32.4 Å². The van der Waals surface area contributed by atoms with Crippen LogP contribution in [-0.2, 0) is 4.79 Å². The quantitative estimate of drug-likeness (QED) is 0.431. The number of halogens is 2. The lowest BCUT2D eigenvalue weighted by Gasteiger charge is -2.10. The van der Waals surface area contributed by atoms with Crippen molar-refractivity contribution in [2.24, 2.45) is 0 Å². The monoisotopic (exact) mass is 427 g/mol. The summed E-state index contributed by atoms with van der Waals surface area (Å²) in [6.45, 7) is 1.64. The van der Waals surface area contributed by atoms with Crippen molar-refractivity contribution in [3.05, 3.63) is 80.4 Å². The number of aryl methyl sites for hydroxylation is 1. The number of ether oxygens (including phenoxy) is 1. The Labute approximate surface area is 175 Å². The van der Waals surface area contributed by atoms with Crippen molar-refractivity contribution < 1.29 is 13.9 Å². The Kier molecular flexibility index (Phi) is 5.18. The first-order valence-corrected chi connectivity index (χ1v) is 9.52. The number of para-hydroxylation sites is 1. The Hall–Kier alpha value is -3.02. The first kappa shape index (κ1) is 19.3. The van der Waals surface area contributed by atoms with Crippen LogP contribution in [-0.4, -0.2) is 12.5 Å². The molecule has 1 N–H and O–H groups in total. The summed E-state index contributed by atoms with van der Waals surface area (Å²) >= 11 is 11.9. The first-order chi connectivity index (χ1) is 13.9. The highest BCUT2D eigenvalue weighted by Crippen LogP contribution is 2.27.